The van der Waals surface area contributed by atoms with Crippen molar-refractivity contribution in [2.45, 2.75) is 0 Å². The highest BCUT2D eigenvalue weighted by Crippen LogP contribution is 2.38. The first-order valence-corrected chi connectivity index (χ1v) is 8.56. The number of nitrogens with zero attached hydrogens (tertiary/aromatic N) is 1. The third-order valence-electron chi connectivity index (χ3n) is 4.31. The van der Waals surface area contributed by atoms with E-state index in [2.05, 4.69) is 5.32 Å². The second-order valence-corrected chi connectivity index (χ2v) is 6.13. The van der Waals surface area contributed by atoms with Crippen LogP contribution in [0.25, 0.3) is 10.8 Å². The zero-order chi connectivity index (χ0) is 20.4. The number of ether oxygens (including phenoxy) is 3. The lowest BCUT2D eigenvalue weighted by Crippen LogP contribution is -2.21. The van der Waals surface area contributed by atoms with Crippen LogP contribution >= 0.6 is 0 Å². The van der Waals surface area contributed by atoms with E-state index in [9.17, 15) is 19.7 Å². The molecule has 0 saturated heterocycles. The zero-order valence-corrected chi connectivity index (χ0v) is 14.9. The van der Waals surface area contributed by atoms with Gasteiger partial charge in [0, 0.05) is 17.1 Å². The Kier molecular flexibility index (Phi) is 4.70. The lowest BCUT2D eigenvalue weighted by Gasteiger charge is -2.09. The lowest BCUT2D eigenvalue weighted by molar-refractivity contribution is -0.385. The topological polar surface area (TPSA) is 117 Å². The monoisotopic (exact) mass is 394 g/mol. The molecule has 0 saturated carbocycles. The number of hydrogen-bond acceptors (Lipinski definition) is 7. The maximum atomic E-state index is 12.3. The van der Waals surface area contributed by atoms with Gasteiger partial charge < -0.3 is 19.5 Å². The fourth-order valence-corrected chi connectivity index (χ4v) is 2.98. The number of rotatable bonds is 5. The summed E-state index contributed by atoms with van der Waals surface area (Å²) >= 11 is 0. The highest BCUT2D eigenvalue weighted by molar-refractivity contribution is 6.03. The maximum Gasteiger partial charge on any atom is 0.345 e. The lowest BCUT2D eigenvalue weighted by atomic mass is 10.1. The first kappa shape index (κ1) is 18.2. The van der Waals surface area contributed by atoms with Gasteiger partial charge in [-0.1, -0.05) is 36.4 Å². The van der Waals surface area contributed by atoms with Crippen molar-refractivity contribution in [2.24, 2.45) is 0 Å². The minimum absolute atomic E-state index is 0.0988. The van der Waals surface area contributed by atoms with Crippen LogP contribution in [0, 0.1) is 10.1 Å². The largest absolute Gasteiger partial charge is 0.454 e. The zero-order valence-electron chi connectivity index (χ0n) is 14.9. The Balaban J connectivity index is 1.47. The molecule has 3 aromatic rings. The summed E-state index contributed by atoms with van der Waals surface area (Å²) in [6.07, 6.45) is 0. The standard InChI is InChI=1S/C20H14N2O7/c23-19(21-15-7-3-5-12-4-1-2-6-13(12)15)10-27-20(24)14-8-17-18(29-11-28-17)9-16(14)22(25)26/h1-9H,10-11H2,(H,21,23). The molecular weight excluding hydrogens is 380 g/mol. The summed E-state index contributed by atoms with van der Waals surface area (Å²) in [5.74, 6) is -1.22. The molecule has 1 aliphatic heterocycles. The Morgan fingerprint density at radius 1 is 1.07 bits per heavy atom. The molecule has 0 spiro atoms. The van der Waals surface area contributed by atoms with Gasteiger partial charge in [0.2, 0.25) is 6.79 Å². The van der Waals surface area contributed by atoms with Crippen molar-refractivity contribution in [2.75, 3.05) is 18.7 Å². The Bertz CT molecular complexity index is 1140. The first-order valence-electron chi connectivity index (χ1n) is 8.56. The number of carbonyl (C=O) groups is 2. The molecule has 1 heterocycles. The minimum Gasteiger partial charge on any atom is -0.454 e. The van der Waals surface area contributed by atoms with Crippen molar-refractivity contribution in [3.63, 3.8) is 0 Å². The smallest absolute Gasteiger partial charge is 0.345 e. The van der Waals surface area contributed by atoms with Crippen LogP contribution in [-0.2, 0) is 9.53 Å². The number of nitrogens with one attached hydrogen (secondary N) is 1. The van der Waals surface area contributed by atoms with E-state index in [1.807, 2.05) is 30.3 Å². The SMILES string of the molecule is O=C(COC(=O)c1cc2c(cc1[N+](=O)[O-])OCO2)Nc1cccc2ccccc12. The van der Waals surface area contributed by atoms with E-state index in [-0.39, 0.29) is 23.9 Å². The Labute approximate surface area is 163 Å². The first-order chi connectivity index (χ1) is 14.0. The second-order valence-electron chi connectivity index (χ2n) is 6.13. The molecule has 0 aliphatic carbocycles. The highest BCUT2D eigenvalue weighted by Gasteiger charge is 2.28. The summed E-state index contributed by atoms with van der Waals surface area (Å²) in [6.45, 7) is -0.702. The number of esters is 1. The molecule has 1 aliphatic rings. The predicted octanol–water partition coefficient (Wildman–Crippen LogP) is 3.27. The van der Waals surface area contributed by atoms with Crippen LogP contribution in [0.2, 0.25) is 0 Å². The van der Waals surface area contributed by atoms with Crippen molar-refractivity contribution >= 4 is 34.0 Å². The van der Waals surface area contributed by atoms with E-state index < -0.39 is 29.1 Å². The van der Waals surface area contributed by atoms with E-state index in [1.165, 1.54) is 6.07 Å². The van der Waals surface area contributed by atoms with Crippen LogP contribution in [0.15, 0.2) is 54.6 Å². The molecule has 146 valence electrons. The van der Waals surface area contributed by atoms with Gasteiger partial charge >= 0.3 is 5.97 Å². The molecule has 1 amide bonds. The van der Waals surface area contributed by atoms with Crippen LogP contribution < -0.4 is 14.8 Å². The average molecular weight is 394 g/mol. The molecule has 1 N–H and O–H groups in total. The molecule has 9 nitrogen and oxygen atoms in total. The number of hydrogen-bond donors (Lipinski definition) is 1. The molecule has 3 aromatic carbocycles. The van der Waals surface area contributed by atoms with Crippen molar-refractivity contribution in [1.29, 1.82) is 0 Å². The quantitative estimate of drug-likeness (QED) is 0.401. The van der Waals surface area contributed by atoms with E-state index in [4.69, 9.17) is 14.2 Å². The summed E-state index contributed by atoms with van der Waals surface area (Å²) in [6, 6.07) is 15.2. The van der Waals surface area contributed by atoms with Gasteiger partial charge in [0.25, 0.3) is 11.6 Å². The van der Waals surface area contributed by atoms with Crippen molar-refractivity contribution < 1.29 is 28.7 Å². The fourth-order valence-electron chi connectivity index (χ4n) is 2.98. The number of nitro groups is 1. The van der Waals surface area contributed by atoms with Gasteiger partial charge in [0.05, 0.1) is 11.0 Å². The summed E-state index contributed by atoms with van der Waals surface area (Å²) in [7, 11) is 0. The molecule has 0 fully saturated rings. The summed E-state index contributed by atoms with van der Waals surface area (Å²) < 4.78 is 15.2. The molecule has 0 unspecified atom stereocenters. The number of anilines is 1. The molecule has 9 heteroatoms. The average Bonchev–Trinajstić information content (AvgIpc) is 3.19. The van der Waals surface area contributed by atoms with Gasteiger partial charge in [0.1, 0.15) is 5.56 Å². The minimum atomic E-state index is -1.01. The van der Waals surface area contributed by atoms with Gasteiger partial charge in [-0.05, 0) is 11.5 Å². The van der Waals surface area contributed by atoms with E-state index in [0.717, 1.165) is 16.8 Å². The summed E-state index contributed by atoms with van der Waals surface area (Å²) in [4.78, 5) is 35.1. The van der Waals surface area contributed by atoms with Gasteiger partial charge in [-0.15, -0.1) is 0 Å². The number of benzene rings is 3. The molecule has 0 aromatic heterocycles. The Morgan fingerprint density at radius 3 is 2.59 bits per heavy atom. The molecule has 0 bridgehead atoms. The third kappa shape index (κ3) is 3.65. The van der Waals surface area contributed by atoms with Crippen molar-refractivity contribution in [3.8, 4) is 11.5 Å². The number of fused-ring (bicyclic) bond motifs is 2. The number of nitro benzene ring substituents is 1. The molecule has 29 heavy (non-hydrogen) atoms. The van der Waals surface area contributed by atoms with Gasteiger partial charge in [-0.25, -0.2) is 4.79 Å². The molecule has 0 atom stereocenters. The van der Waals surface area contributed by atoms with E-state index in [0.29, 0.717) is 5.69 Å². The molecular formula is C20H14N2O7. The predicted molar refractivity (Wildman–Crippen MR) is 102 cm³/mol. The number of amides is 1. The van der Waals surface area contributed by atoms with Gasteiger partial charge in [-0.3, -0.25) is 14.9 Å². The second kappa shape index (κ2) is 7.47. The van der Waals surface area contributed by atoms with Crippen molar-refractivity contribution in [3.05, 3.63) is 70.3 Å². The Hall–Kier alpha value is -4.14. The third-order valence-corrected chi connectivity index (χ3v) is 4.31. The van der Waals surface area contributed by atoms with Gasteiger partial charge in [0.15, 0.2) is 18.1 Å². The van der Waals surface area contributed by atoms with Crippen LogP contribution in [0.5, 0.6) is 11.5 Å². The van der Waals surface area contributed by atoms with Crippen LogP contribution in [-0.4, -0.2) is 30.2 Å². The summed E-state index contributed by atoms with van der Waals surface area (Å²) in [5.41, 5.74) is -0.246. The van der Waals surface area contributed by atoms with Gasteiger partial charge in [-0.2, -0.15) is 0 Å². The highest BCUT2D eigenvalue weighted by atomic mass is 16.7. The van der Waals surface area contributed by atoms with Crippen LogP contribution in [0.1, 0.15) is 10.4 Å². The molecule has 4 rings (SSSR count). The molecule has 0 radical (unpaired) electrons. The number of carbonyl (C=O) groups excluding carboxylic acids is 2. The van der Waals surface area contributed by atoms with E-state index >= 15 is 0 Å². The van der Waals surface area contributed by atoms with Crippen molar-refractivity contribution in [1.82, 2.24) is 0 Å². The fraction of sp³-hybridized carbons (Fsp3) is 0.100. The maximum absolute atomic E-state index is 12.3. The normalized spacial score (nSPS) is 11.9. The summed E-state index contributed by atoms with van der Waals surface area (Å²) in [5, 5.41) is 15.7. The van der Waals surface area contributed by atoms with E-state index in [1.54, 1.807) is 12.1 Å². The van der Waals surface area contributed by atoms with Crippen LogP contribution in [0.4, 0.5) is 11.4 Å². The van der Waals surface area contributed by atoms with Crippen LogP contribution in [0.3, 0.4) is 0 Å². The Morgan fingerprint density at radius 2 is 1.79 bits per heavy atom.